The van der Waals surface area contributed by atoms with E-state index in [-0.39, 0.29) is 6.42 Å². The molecule has 0 aliphatic rings. The molecular weight excluding hydrogens is 332 g/mol. The first-order valence-electron chi connectivity index (χ1n) is 11.3. The highest BCUT2D eigenvalue weighted by molar-refractivity contribution is 5.67. The second-order valence-electron chi connectivity index (χ2n) is 6.64. The Morgan fingerprint density at radius 3 is 1.74 bits per heavy atom. The lowest BCUT2D eigenvalue weighted by Gasteiger charge is -2.16. The number of rotatable bonds is 9. The summed E-state index contributed by atoms with van der Waals surface area (Å²) in [5.74, 6) is 0.00591. The van der Waals surface area contributed by atoms with Gasteiger partial charge in [-0.1, -0.05) is 118 Å². The molecule has 1 N–H and O–H groups in total. The fourth-order valence-electron chi connectivity index (χ4n) is 2.41. The number of carbonyl (C=O) groups is 1. The molecule has 0 aromatic heterocycles. The van der Waals surface area contributed by atoms with Crippen molar-refractivity contribution in [2.24, 2.45) is 5.92 Å². The number of hydrogen-bond donors (Lipinski definition) is 1. The molecule has 0 aliphatic carbocycles. The van der Waals surface area contributed by atoms with Crippen LogP contribution < -0.4 is 0 Å². The van der Waals surface area contributed by atoms with Crippen LogP contribution in [0.4, 0.5) is 0 Å². The lowest BCUT2D eigenvalue weighted by Crippen LogP contribution is -2.06. The SMILES string of the molecule is CC.CCC.CCCC.CCCC(CC)Cc1ccccc1CCC(=O)O. The van der Waals surface area contributed by atoms with E-state index in [2.05, 4.69) is 59.7 Å². The Kier molecular flexibility index (Phi) is 27.8. The zero-order chi connectivity index (χ0) is 21.5. The topological polar surface area (TPSA) is 37.3 Å². The minimum absolute atomic E-state index is 0.224. The van der Waals surface area contributed by atoms with Gasteiger partial charge >= 0.3 is 5.97 Å². The van der Waals surface area contributed by atoms with Crippen molar-refractivity contribution in [3.05, 3.63) is 35.4 Å². The summed E-state index contributed by atoms with van der Waals surface area (Å²) < 4.78 is 0. The molecule has 1 rings (SSSR count). The smallest absolute Gasteiger partial charge is 0.303 e. The molecule has 0 radical (unpaired) electrons. The third-order valence-corrected chi connectivity index (χ3v) is 4.01. The molecule has 1 aromatic rings. The van der Waals surface area contributed by atoms with E-state index < -0.39 is 5.97 Å². The van der Waals surface area contributed by atoms with Gasteiger partial charge in [-0.05, 0) is 29.9 Å². The average Bonchev–Trinajstić information content (AvgIpc) is 2.69. The maximum Gasteiger partial charge on any atom is 0.303 e. The lowest BCUT2D eigenvalue weighted by molar-refractivity contribution is -0.136. The number of carboxylic acid groups (broad SMARTS) is 1. The van der Waals surface area contributed by atoms with Crippen LogP contribution >= 0.6 is 0 Å². The number of hydrogen-bond acceptors (Lipinski definition) is 1. The minimum atomic E-state index is -0.717. The van der Waals surface area contributed by atoms with Crippen LogP contribution in [0, 0.1) is 5.92 Å². The van der Waals surface area contributed by atoms with Crippen LogP contribution in [-0.2, 0) is 17.6 Å². The molecule has 0 heterocycles. The summed E-state index contributed by atoms with van der Waals surface area (Å²) >= 11 is 0. The molecule has 1 aromatic carbocycles. The molecule has 2 nitrogen and oxygen atoms in total. The maximum absolute atomic E-state index is 10.7. The Hall–Kier alpha value is -1.31. The monoisotopic (exact) mass is 380 g/mol. The Morgan fingerprint density at radius 1 is 0.889 bits per heavy atom. The molecule has 0 saturated carbocycles. The molecule has 1 atom stereocenters. The van der Waals surface area contributed by atoms with Crippen molar-refractivity contribution in [2.45, 2.75) is 113 Å². The van der Waals surface area contributed by atoms with E-state index in [4.69, 9.17) is 5.11 Å². The van der Waals surface area contributed by atoms with Crippen LogP contribution in [0.15, 0.2) is 24.3 Å². The Balaban J connectivity index is -0.000000541. The van der Waals surface area contributed by atoms with Gasteiger partial charge in [0.25, 0.3) is 0 Å². The van der Waals surface area contributed by atoms with Gasteiger partial charge in [-0.3, -0.25) is 4.79 Å². The van der Waals surface area contributed by atoms with Crippen LogP contribution in [0.1, 0.15) is 111 Å². The van der Waals surface area contributed by atoms with Gasteiger partial charge in [0, 0.05) is 6.42 Å². The summed E-state index contributed by atoms with van der Waals surface area (Å²) in [5.41, 5.74) is 2.54. The van der Waals surface area contributed by atoms with E-state index in [0.29, 0.717) is 6.42 Å². The molecule has 0 fully saturated rings. The van der Waals surface area contributed by atoms with Crippen molar-refractivity contribution in [3.8, 4) is 0 Å². The van der Waals surface area contributed by atoms with E-state index in [9.17, 15) is 4.79 Å². The van der Waals surface area contributed by atoms with E-state index in [1.807, 2.05) is 19.9 Å². The quantitative estimate of drug-likeness (QED) is 0.467. The molecule has 0 saturated heterocycles. The molecule has 160 valence electrons. The highest BCUT2D eigenvalue weighted by Crippen LogP contribution is 2.21. The van der Waals surface area contributed by atoms with Crippen molar-refractivity contribution in [1.29, 1.82) is 0 Å². The van der Waals surface area contributed by atoms with E-state index in [1.165, 1.54) is 49.7 Å². The predicted molar refractivity (Wildman–Crippen MR) is 123 cm³/mol. The second-order valence-corrected chi connectivity index (χ2v) is 6.64. The van der Waals surface area contributed by atoms with Crippen molar-refractivity contribution in [1.82, 2.24) is 0 Å². The van der Waals surface area contributed by atoms with Gasteiger partial charge in [0.1, 0.15) is 0 Å². The summed E-state index contributed by atoms with van der Waals surface area (Å²) in [6, 6.07) is 8.27. The summed E-state index contributed by atoms with van der Waals surface area (Å²) in [6.45, 7) is 17.1. The van der Waals surface area contributed by atoms with Gasteiger partial charge in [0.05, 0.1) is 0 Å². The Morgan fingerprint density at radius 2 is 1.37 bits per heavy atom. The molecule has 0 spiro atoms. The van der Waals surface area contributed by atoms with Crippen molar-refractivity contribution in [2.75, 3.05) is 0 Å². The van der Waals surface area contributed by atoms with Crippen LogP contribution in [0.3, 0.4) is 0 Å². The van der Waals surface area contributed by atoms with E-state index in [1.54, 1.807) is 0 Å². The normalized spacial score (nSPS) is 10.2. The molecular formula is C25H48O2. The average molecular weight is 381 g/mol. The van der Waals surface area contributed by atoms with Crippen molar-refractivity contribution >= 4 is 5.97 Å². The molecule has 27 heavy (non-hydrogen) atoms. The summed E-state index contributed by atoms with van der Waals surface area (Å²) in [5, 5.41) is 8.78. The standard InChI is InChI=1S/C16H24O2.C4H10.C3H8.C2H6/c1-3-7-13(4-2)12-15-9-6-5-8-14(15)10-11-16(17)18;1-3-4-2;1-3-2;1-2/h5-6,8-9,13H,3-4,7,10-12H2,1-2H3,(H,17,18);3-4H2,1-2H3;3H2,1-2H3;1-2H3. The van der Waals surface area contributed by atoms with E-state index >= 15 is 0 Å². The fraction of sp³-hybridized carbons (Fsp3) is 0.720. The van der Waals surface area contributed by atoms with Gasteiger partial charge in [0.2, 0.25) is 0 Å². The van der Waals surface area contributed by atoms with Gasteiger partial charge in [-0.25, -0.2) is 0 Å². The maximum atomic E-state index is 10.7. The minimum Gasteiger partial charge on any atom is -0.481 e. The first-order chi connectivity index (χ1) is 13.0. The van der Waals surface area contributed by atoms with E-state index in [0.717, 1.165) is 12.3 Å². The summed E-state index contributed by atoms with van der Waals surface area (Å²) in [6.07, 6.45) is 9.51. The Bertz CT molecular complexity index is 411. The Labute approximate surface area is 170 Å². The van der Waals surface area contributed by atoms with Crippen LogP contribution in [-0.4, -0.2) is 11.1 Å². The number of aliphatic carboxylic acids is 1. The highest BCUT2D eigenvalue weighted by atomic mass is 16.4. The number of aryl methyl sites for hydroxylation is 1. The van der Waals surface area contributed by atoms with Crippen LogP contribution in [0.25, 0.3) is 0 Å². The van der Waals surface area contributed by atoms with Crippen molar-refractivity contribution in [3.63, 3.8) is 0 Å². The molecule has 1 unspecified atom stereocenters. The number of carboxylic acids is 1. The first kappa shape index (κ1) is 30.4. The highest BCUT2D eigenvalue weighted by Gasteiger charge is 2.10. The van der Waals surface area contributed by atoms with Gasteiger partial charge in [0.15, 0.2) is 0 Å². The third kappa shape index (κ3) is 20.9. The zero-order valence-electron chi connectivity index (χ0n) is 19.6. The van der Waals surface area contributed by atoms with Crippen LogP contribution in [0.5, 0.6) is 0 Å². The van der Waals surface area contributed by atoms with Gasteiger partial charge < -0.3 is 5.11 Å². The number of unbranched alkanes of at least 4 members (excludes halogenated alkanes) is 1. The predicted octanol–water partition coefficient (Wildman–Crippen LogP) is 8.32. The zero-order valence-corrected chi connectivity index (χ0v) is 19.6. The molecule has 0 aliphatic heterocycles. The second kappa shape index (κ2) is 24.7. The third-order valence-electron chi connectivity index (χ3n) is 4.01. The number of benzene rings is 1. The largest absolute Gasteiger partial charge is 0.481 e. The lowest BCUT2D eigenvalue weighted by atomic mass is 9.89. The molecule has 0 amide bonds. The summed E-state index contributed by atoms with van der Waals surface area (Å²) in [4.78, 5) is 10.7. The summed E-state index contributed by atoms with van der Waals surface area (Å²) in [7, 11) is 0. The van der Waals surface area contributed by atoms with Crippen molar-refractivity contribution < 1.29 is 9.90 Å². The van der Waals surface area contributed by atoms with Gasteiger partial charge in [-0.15, -0.1) is 0 Å². The molecule has 2 heteroatoms. The molecule has 0 bridgehead atoms. The fourth-order valence-corrected chi connectivity index (χ4v) is 2.41. The van der Waals surface area contributed by atoms with Crippen LogP contribution in [0.2, 0.25) is 0 Å². The van der Waals surface area contributed by atoms with Gasteiger partial charge in [-0.2, -0.15) is 0 Å². The first-order valence-corrected chi connectivity index (χ1v) is 11.3.